The van der Waals surface area contributed by atoms with Crippen molar-refractivity contribution >= 4 is 44.9 Å². The molecular weight excluding hydrogens is 788 g/mol. The first-order valence-corrected chi connectivity index (χ1v) is 21.0. The number of nitrogens with zero attached hydrogens (tertiary/aromatic N) is 5. The van der Waals surface area contributed by atoms with E-state index >= 15 is 4.79 Å². The Labute approximate surface area is 334 Å². The average molecular weight is 838 g/mol. The average Bonchev–Trinajstić information content (AvgIpc) is 4.06. The number of carbonyl (C=O) groups is 4. The molecule has 4 heterocycles. The van der Waals surface area contributed by atoms with Gasteiger partial charge in [0.2, 0.25) is 39.3 Å². The van der Waals surface area contributed by atoms with E-state index in [0.717, 1.165) is 16.0 Å². The summed E-state index contributed by atoms with van der Waals surface area (Å²) in [6, 6.07) is -1.55. The summed E-state index contributed by atoms with van der Waals surface area (Å²) in [5, 5.41) is 12.6. The molecule has 1 saturated heterocycles. The molecule has 318 valence electrons. The zero-order valence-corrected chi connectivity index (χ0v) is 34.0. The number of carboxylic acid groups (broad SMARTS) is 1. The van der Waals surface area contributed by atoms with Gasteiger partial charge in [0, 0.05) is 23.9 Å². The van der Waals surface area contributed by atoms with Crippen LogP contribution in [0.5, 0.6) is 11.8 Å². The summed E-state index contributed by atoms with van der Waals surface area (Å²) in [6.45, 7) is 8.26. The van der Waals surface area contributed by atoms with Crippen LogP contribution >= 0.6 is 0 Å². The van der Waals surface area contributed by atoms with Gasteiger partial charge in [-0.05, 0) is 71.1 Å². The maximum absolute atomic E-state index is 15.1. The monoisotopic (exact) mass is 837 g/mol. The van der Waals surface area contributed by atoms with Crippen molar-refractivity contribution in [2.45, 2.75) is 127 Å². The normalized spacial score (nSPS) is 28.9. The molecule has 0 unspecified atom stereocenters. The molecule has 0 spiro atoms. The number of pyridine rings is 1. The van der Waals surface area contributed by atoms with E-state index in [0.29, 0.717) is 38.5 Å². The molecule has 3 N–H and O–H groups in total. The lowest BCUT2D eigenvalue weighted by molar-refractivity contribution is -0.146. The van der Waals surface area contributed by atoms with Gasteiger partial charge < -0.3 is 24.8 Å². The lowest BCUT2D eigenvalue weighted by atomic mass is 9.82. The quantitative estimate of drug-likeness (QED) is 0.316. The van der Waals surface area contributed by atoms with Gasteiger partial charge in [0.05, 0.1) is 30.6 Å². The van der Waals surface area contributed by atoms with Gasteiger partial charge in [0.1, 0.15) is 29.2 Å². The fourth-order valence-electron chi connectivity index (χ4n) is 8.11. The molecule has 4 aliphatic rings. The number of halogens is 3. The van der Waals surface area contributed by atoms with Crippen LogP contribution in [0.15, 0.2) is 24.4 Å². The van der Waals surface area contributed by atoms with Gasteiger partial charge in [-0.3, -0.25) is 24.0 Å². The summed E-state index contributed by atoms with van der Waals surface area (Å²) in [5.74, 6) is -4.63. The minimum absolute atomic E-state index is 0.00658. The predicted octanol–water partition coefficient (Wildman–Crippen LogP) is 4.43. The summed E-state index contributed by atoms with van der Waals surface area (Å²) >= 11 is 0. The maximum Gasteiger partial charge on any atom is 0.438 e. The van der Waals surface area contributed by atoms with Gasteiger partial charge in [0.15, 0.2) is 0 Å². The molecule has 20 heteroatoms. The van der Waals surface area contributed by atoms with Crippen LogP contribution in [0.1, 0.15) is 91.7 Å². The first-order chi connectivity index (χ1) is 27.1. The first-order valence-electron chi connectivity index (χ1n) is 19.4. The van der Waals surface area contributed by atoms with Gasteiger partial charge >= 0.3 is 12.3 Å². The number of aromatic nitrogens is 3. The van der Waals surface area contributed by atoms with E-state index < -0.39 is 111 Å². The summed E-state index contributed by atoms with van der Waals surface area (Å²) in [7, 11) is -2.72. The molecule has 0 bridgehead atoms. The highest BCUT2D eigenvalue weighted by Crippen LogP contribution is 2.46. The number of alkyl halides is 3. The molecule has 2 aromatic rings. The number of allylic oxidation sites excluding steroid dienone is 1. The Hall–Kier alpha value is -4.75. The second kappa shape index (κ2) is 15.8. The van der Waals surface area contributed by atoms with Crippen LogP contribution in [0, 0.1) is 17.8 Å². The lowest BCUT2D eigenvalue weighted by Crippen LogP contribution is -2.62. The molecule has 58 heavy (non-hydrogen) atoms. The van der Waals surface area contributed by atoms with Gasteiger partial charge in [-0.15, -0.1) is 0 Å². The zero-order chi connectivity index (χ0) is 42.5. The van der Waals surface area contributed by atoms with Crippen LogP contribution in [0.2, 0.25) is 0 Å². The molecule has 6 rings (SSSR count). The number of amides is 4. The van der Waals surface area contributed by atoms with Crippen molar-refractivity contribution in [3.05, 3.63) is 30.1 Å². The highest BCUT2D eigenvalue weighted by Gasteiger charge is 2.62. The Morgan fingerprint density at radius 1 is 1.12 bits per heavy atom. The second-order valence-corrected chi connectivity index (χ2v) is 18.8. The lowest BCUT2D eigenvalue weighted by Gasteiger charge is -2.44. The molecule has 0 aromatic carbocycles. The fourth-order valence-corrected chi connectivity index (χ4v) is 9.48. The third kappa shape index (κ3) is 8.80. The minimum atomic E-state index is -5.05. The van der Waals surface area contributed by atoms with E-state index in [1.807, 2.05) is 19.9 Å². The Morgan fingerprint density at radius 2 is 1.83 bits per heavy atom. The van der Waals surface area contributed by atoms with E-state index in [2.05, 4.69) is 25.0 Å². The molecule has 0 radical (unpaired) electrons. The van der Waals surface area contributed by atoms with Crippen LogP contribution in [0.4, 0.5) is 18.0 Å². The third-order valence-electron chi connectivity index (χ3n) is 11.4. The summed E-state index contributed by atoms with van der Waals surface area (Å²) < 4.78 is 82.3. The van der Waals surface area contributed by atoms with Crippen LogP contribution in [-0.2, 0) is 30.6 Å². The van der Waals surface area contributed by atoms with E-state index in [9.17, 15) is 41.1 Å². The van der Waals surface area contributed by atoms with E-state index in [1.165, 1.54) is 13.2 Å². The third-order valence-corrected chi connectivity index (χ3v) is 13.2. The van der Waals surface area contributed by atoms with Gasteiger partial charge in [-0.25, -0.2) is 28.2 Å². The Kier molecular flexibility index (Phi) is 11.7. The summed E-state index contributed by atoms with van der Waals surface area (Å²) in [5.41, 5.74) is -4.54. The number of sulfonamides is 1. The molecule has 2 aliphatic carbocycles. The Bertz CT molecular complexity index is 2090. The van der Waals surface area contributed by atoms with E-state index in [1.54, 1.807) is 26.8 Å². The maximum atomic E-state index is 15.1. The largest absolute Gasteiger partial charge is 0.481 e. The Morgan fingerprint density at radius 3 is 2.43 bits per heavy atom. The summed E-state index contributed by atoms with van der Waals surface area (Å²) in [4.78, 5) is 70.4. The number of hydrogen-bond acceptors (Lipinski definition) is 11. The second-order valence-electron chi connectivity index (χ2n) is 16.8. The van der Waals surface area contributed by atoms with Crippen molar-refractivity contribution < 1.29 is 55.3 Å². The van der Waals surface area contributed by atoms with Crippen molar-refractivity contribution in [3.63, 3.8) is 0 Å². The molecule has 2 aromatic heterocycles. The minimum Gasteiger partial charge on any atom is -0.481 e. The van der Waals surface area contributed by atoms with Crippen molar-refractivity contribution in [2.24, 2.45) is 17.8 Å². The van der Waals surface area contributed by atoms with Crippen molar-refractivity contribution in [2.75, 3.05) is 13.7 Å². The van der Waals surface area contributed by atoms with Gasteiger partial charge in [0.25, 0.3) is 5.91 Å². The molecule has 4 amide bonds. The molecule has 2 saturated carbocycles. The molecule has 2 aliphatic heterocycles. The van der Waals surface area contributed by atoms with Gasteiger partial charge in [-0.2, -0.15) is 13.2 Å². The van der Waals surface area contributed by atoms with Crippen molar-refractivity contribution in [1.29, 1.82) is 0 Å². The number of fused-ring (bicyclic) bond motifs is 3. The van der Waals surface area contributed by atoms with Crippen LogP contribution in [-0.4, -0.2) is 110 Å². The highest BCUT2D eigenvalue weighted by atomic mass is 32.2. The van der Waals surface area contributed by atoms with Gasteiger partial charge in [-0.1, -0.05) is 32.4 Å². The standard InChI is InChI=1S/C38H50F3N7O9S/c1-7-21-14-20(2)10-8-9-11-22-17-37(22,34(51)46-58(54,55)24-12-13-24)45-31(49)27-15-23(19-47(27)33(50)29(21)48(35(52)53)36(3,4)5)57-32-30(38(39,40)41)43-26-18-42-28(56-6)16-25(26)44-32/h9,11,16,18,20-24,27,29H,7-8,10,12-15,17,19H2,1-6H3,(H,45,49)(H,46,51)(H,52,53)/b11-9-/t20-,21-,22-,23-,27+,29+,37-/m1/s1. The molecule has 7 atom stereocenters. The Balaban J connectivity index is 1.44. The number of rotatable bonds is 8. The predicted molar refractivity (Wildman–Crippen MR) is 202 cm³/mol. The topological polar surface area (TPSA) is 210 Å². The molecule has 16 nitrogen and oxygen atoms in total. The first kappa shape index (κ1) is 42.8. The summed E-state index contributed by atoms with van der Waals surface area (Å²) in [6.07, 6.45) is -0.625. The van der Waals surface area contributed by atoms with Crippen LogP contribution in [0.25, 0.3) is 11.0 Å². The molecule has 3 fully saturated rings. The van der Waals surface area contributed by atoms with E-state index in [-0.39, 0.29) is 29.3 Å². The van der Waals surface area contributed by atoms with Crippen molar-refractivity contribution in [3.8, 4) is 11.8 Å². The van der Waals surface area contributed by atoms with Crippen LogP contribution < -0.4 is 19.5 Å². The number of nitrogens with one attached hydrogen (secondary N) is 2. The molecular formula is C38H50F3N7O9S. The van der Waals surface area contributed by atoms with Crippen LogP contribution in [0.3, 0.4) is 0 Å². The zero-order valence-electron chi connectivity index (χ0n) is 33.2. The van der Waals surface area contributed by atoms with Crippen molar-refractivity contribution in [1.82, 2.24) is 34.8 Å². The van der Waals surface area contributed by atoms with E-state index in [4.69, 9.17) is 9.47 Å². The highest BCUT2D eigenvalue weighted by molar-refractivity contribution is 7.91. The fraction of sp³-hybridized carbons (Fsp3) is 0.658. The number of methoxy groups -OCH3 is 1. The number of ether oxygens (including phenoxy) is 2. The SMILES string of the molecule is CC[C@@H]1C[C@H](C)CC/C=C\[C@@H]2C[C@@]2(C(=O)NS(=O)(=O)C2CC2)NC(=O)[C@@H]2C[C@@H](Oc3nc4cc(OC)ncc4nc3C(F)(F)F)CN2C(=O)[C@H]1N(C(=O)O)C(C)(C)C. The number of carbonyl (C=O) groups excluding carboxylic acids is 3. The number of hydrogen-bond donors (Lipinski definition) is 3. The smallest absolute Gasteiger partial charge is 0.438 e.